The van der Waals surface area contributed by atoms with Gasteiger partial charge < -0.3 is 4.57 Å². The molecule has 3 aromatic heterocycles. The van der Waals surface area contributed by atoms with Crippen LogP contribution >= 0.6 is 35.1 Å². The van der Waals surface area contributed by atoms with E-state index in [0.29, 0.717) is 6.54 Å². The number of imidazole rings is 1. The number of benzene rings is 1. The highest BCUT2D eigenvalue weighted by atomic mass is 35.5. The summed E-state index contributed by atoms with van der Waals surface area (Å²) in [6.45, 7) is 3.56. The molecule has 0 bridgehead atoms. The fraction of sp³-hybridized carbons (Fsp3) is 0.227. The minimum atomic E-state index is -0.0428. The summed E-state index contributed by atoms with van der Waals surface area (Å²) in [4.78, 5) is 24.7. The van der Waals surface area contributed by atoms with E-state index < -0.39 is 0 Å². The number of thiophene rings is 1. The van der Waals surface area contributed by atoms with Crippen LogP contribution in [-0.2, 0) is 17.8 Å². The van der Waals surface area contributed by atoms with Crippen molar-refractivity contribution < 1.29 is 4.79 Å². The van der Waals surface area contributed by atoms with Crippen LogP contribution in [0.25, 0.3) is 16.3 Å². The van der Waals surface area contributed by atoms with E-state index in [4.69, 9.17) is 4.98 Å². The normalized spacial score (nSPS) is 11.1. The predicted octanol–water partition coefficient (Wildman–Crippen LogP) is 5.68. The highest BCUT2D eigenvalue weighted by Crippen LogP contribution is 2.30. The number of hydrogen-bond acceptors (Lipinski definition) is 5. The highest BCUT2D eigenvalue weighted by Gasteiger charge is 2.18. The first-order valence-corrected chi connectivity index (χ1v) is 11.3. The molecule has 0 spiro atoms. The molecule has 156 valence electrons. The summed E-state index contributed by atoms with van der Waals surface area (Å²) in [5.41, 5.74) is 2.22. The van der Waals surface area contributed by atoms with Crippen LogP contribution in [0.15, 0.2) is 60.5 Å². The second-order valence-corrected chi connectivity index (χ2v) is 8.63. The number of thiazole rings is 1. The monoisotopic (exact) mass is 458 g/mol. The van der Waals surface area contributed by atoms with Gasteiger partial charge in [-0.2, -0.15) is 0 Å². The molecule has 8 heteroatoms. The molecule has 0 radical (unpaired) electrons. The number of halogens is 1. The molecule has 0 saturated heterocycles. The first-order valence-electron chi connectivity index (χ1n) is 9.61. The Hall–Kier alpha value is -2.48. The molecular formula is C22H23ClN4OS2. The van der Waals surface area contributed by atoms with Crippen LogP contribution in [0.4, 0.5) is 5.13 Å². The Morgan fingerprint density at radius 2 is 2.20 bits per heavy atom. The highest BCUT2D eigenvalue weighted by molar-refractivity contribution is 7.22. The van der Waals surface area contributed by atoms with Gasteiger partial charge in [-0.15, -0.1) is 23.7 Å². The van der Waals surface area contributed by atoms with E-state index in [1.807, 2.05) is 40.4 Å². The molecule has 1 aromatic carbocycles. The van der Waals surface area contributed by atoms with Crippen molar-refractivity contribution in [1.29, 1.82) is 0 Å². The fourth-order valence-electron chi connectivity index (χ4n) is 3.05. The van der Waals surface area contributed by atoms with Crippen molar-refractivity contribution in [1.82, 2.24) is 14.5 Å². The molecule has 5 nitrogen and oxygen atoms in total. The van der Waals surface area contributed by atoms with Crippen LogP contribution in [0.2, 0.25) is 0 Å². The fourth-order valence-corrected chi connectivity index (χ4v) is 4.73. The number of aromatic nitrogens is 3. The van der Waals surface area contributed by atoms with E-state index >= 15 is 0 Å². The van der Waals surface area contributed by atoms with Crippen molar-refractivity contribution in [3.05, 3.63) is 70.9 Å². The van der Waals surface area contributed by atoms with Crippen LogP contribution in [0.1, 0.15) is 23.8 Å². The molecule has 0 unspecified atom stereocenters. The molecule has 4 aromatic rings. The smallest absolute Gasteiger partial charge is 0.252 e. The summed E-state index contributed by atoms with van der Waals surface area (Å²) in [6.07, 6.45) is 10.8. The van der Waals surface area contributed by atoms with Crippen LogP contribution in [-0.4, -0.2) is 27.0 Å². The van der Waals surface area contributed by atoms with Gasteiger partial charge in [0.15, 0.2) is 5.13 Å². The van der Waals surface area contributed by atoms with Gasteiger partial charge in [-0.25, -0.2) is 9.97 Å². The minimum Gasteiger partial charge on any atom is -0.337 e. The molecule has 0 atom stereocenters. The molecule has 0 saturated carbocycles. The zero-order chi connectivity index (χ0) is 20.1. The van der Waals surface area contributed by atoms with Crippen LogP contribution in [0.3, 0.4) is 0 Å². The molecular weight excluding hydrogens is 436 g/mol. The second kappa shape index (κ2) is 10.5. The summed E-state index contributed by atoms with van der Waals surface area (Å²) in [5.74, 6) is -0.0428. The standard InChI is InChI=1S/C22H22N4OS2.ClH/c1-2-17-6-8-19-20(15-17)29-22(24-19)26(12-4-11-25-13-10-23-16-25)21(27)9-7-18-5-3-14-28-18;/h3,5-10,13-16H,2,4,11-12H2,1H3;1H/b9-7+;. The number of carbonyl (C=O) groups excluding carboxylic acids is 1. The molecule has 0 fully saturated rings. The third kappa shape index (κ3) is 5.36. The second-order valence-electron chi connectivity index (χ2n) is 6.64. The summed E-state index contributed by atoms with van der Waals surface area (Å²) < 4.78 is 3.14. The first-order chi connectivity index (χ1) is 14.2. The van der Waals surface area contributed by atoms with E-state index in [1.165, 1.54) is 5.56 Å². The van der Waals surface area contributed by atoms with E-state index in [2.05, 4.69) is 24.0 Å². The number of carbonyl (C=O) groups is 1. The topological polar surface area (TPSA) is 51.0 Å². The Kier molecular flexibility index (Phi) is 7.79. The average Bonchev–Trinajstić information content (AvgIpc) is 3.50. The zero-order valence-corrected chi connectivity index (χ0v) is 19.1. The SMILES string of the molecule is CCc1ccc2nc(N(CCCn3ccnc3)C(=O)/C=C/c3cccs3)sc2c1.Cl. The van der Waals surface area contributed by atoms with E-state index in [-0.39, 0.29) is 18.3 Å². The largest absolute Gasteiger partial charge is 0.337 e. The quantitative estimate of drug-likeness (QED) is 0.319. The molecule has 0 aliphatic heterocycles. The van der Waals surface area contributed by atoms with Gasteiger partial charge in [0, 0.05) is 36.4 Å². The molecule has 4 rings (SSSR count). The van der Waals surface area contributed by atoms with Crippen LogP contribution in [0, 0.1) is 0 Å². The summed E-state index contributed by atoms with van der Waals surface area (Å²) in [5, 5.41) is 2.76. The van der Waals surface area contributed by atoms with Crippen molar-refractivity contribution in [2.24, 2.45) is 0 Å². The number of nitrogens with zero attached hydrogens (tertiary/aromatic N) is 4. The van der Waals surface area contributed by atoms with Gasteiger partial charge in [-0.3, -0.25) is 9.69 Å². The molecule has 0 N–H and O–H groups in total. The van der Waals surface area contributed by atoms with Gasteiger partial charge >= 0.3 is 0 Å². The predicted molar refractivity (Wildman–Crippen MR) is 129 cm³/mol. The lowest BCUT2D eigenvalue weighted by Gasteiger charge is -2.18. The van der Waals surface area contributed by atoms with Gasteiger partial charge in [0.2, 0.25) is 0 Å². The summed E-state index contributed by atoms with van der Waals surface area (Å²) in [6, 6.07) is 10.3. The number of hydrogen-bond donors (Lipinski definition) is 0. The van der Waals surface area contributed by atoms with Gasteiger partial charge in [0.25, 0.3) is 5.91 Å². The number of rotatable bonds is 8. The first kappa shape index (κ1) is 22.2. The Balaban J connectivity index is 0.00000256. The third-order valence-electron chi connectivity index (χ3n) is 4.64. The van der Waals surface area contributed by atoms with E-state index in [0.717, 1.165) is 39.6 Å². The Morgan fingerprint density at radius 3 is 2.93 bits per heavy atom. The third-order valence-corrected chi connectivity index (χ3v) is 6.52. The maximum atomic E-state index is 13.0. The number of aryl methyl sites for hydroxylation is 2. The van der Waals surface area contributed by atoms with E-state index in [9.17, 15) is 4.79 Å². The number of fused-ring (bicyclic) bond motifs is 1. The number of anilines is 1. The summed E-state index contributed by atoms with van der Waals surface area (Å²) in [7, 11) is 0. The molecule has 30 heavy (non-hydrogen) atoms. The van der Waals surface area contributed by atoms with Crippen molar-refractivity contribution in [3.8, 4) is 0 Å². The van der Waals surface area contributed by atoms with Crippen LogP contribution in [0.5, 0.6) is 0 Å². The van der Waals surface area contributed by atoms with Crippen LogP contribution < -0.4 is 4.90 Å². The lowest BCUT2D eigenvalue weighted by molar-refractivity contribution is -0.114. The van der Waals surface area contributed by atoms with Gasteiger partial charge in [0.1, 0.15) is 0 Å². The molecule has 0 aliphatic rings. The van der Waals surface area contributed by atoms with Crippen molar-refractivity contribution in [2.45, 2.75) is 26.3 Å². The Bertz CT molecular complexity index is 1100. The summed E-state index contributed by atoms with van der Waals surface area (Å²) >= 11 is 3.19. The van der Waals surface area contributed by atoms with Gasteiger partial charge in [0.05, 0.1) is 16.5 Å². The maximum Gasteiger partial charge on any atom is 0.252 e. The lowest BCUT2D eigenvalue weighted by atomic mass is 10.2. The van der Waals surface area contributed by atoms with Gasteiger partial charge in [-0.1, -0.05) is 30.4 Å². The zero-order valence-electron chi connectivity index (χ0n) is 16.6. The lowest BCUT2D eigenvalue weighted by Crippen LogP contribution is -2.30. The Morgan fingerprint density at radius 1 is 1.30 bits per heavy atom. The average molecular weight is 459 g/mol. The number of amides is 1. The van der Waals surface area contributed by atoms with Crippen molar-refractivity contribution in [3.63, 3.8) is 0 Å². The minimum absolute atomic E-state index is 0. The molecule has 0 aliphatic carbocycles. The van der Waals surface area contributed by atoms with E-state index in [1.54, 1.807) is 46.2 Å². The Labute approximate surface area is 190 Å². The van der Waals surface area contributed by atoms with Crippen molar-refractivity contribution in [2.75, 3.05) is 11.4 Å². The van der Waals surface area contributed by atoms with Crippen molar-refractivity contribution >= 4 is 62.4 Å². The molecule has 1 amide bonds. The van der Waals surface area contributed by atoms with Gasteiger partial charge in [-0.05, 0) is 48.1 Å². The maximum absolute atomic E-state index is 13.0. The molecule has 3 heterocycles.